The topological polar surface area (TPSA) is 58.6 Å². The Morgan fingerprint density at radius 3 is 2.35 bits per heavy atom. The lowest BCUT2D eigenvalue weighted by Gasteiger charge is -2.39. The van der Waals surface area contributed by atoms with Gasteiger partial charge in [0.15, 0.2) is 0 Å². The van der Waals surface area contributed by atoms with Crippen molar-refractivity contribution in [2.24, 2.45) is 0 Å². The highest BCUT2D eigenvalue weighted by atomic mass is 16.5. The maximum atomic E-state index is 13.3. The van der Waals surface area contributed by atoms with Crippen LogP contribution in [0.4, 0.5) is 5.69 Å². The summed E-state index contributed by atoms with van der Waals surface area (Å²) in [6.07, 6.45) is 0.569. The Morgan fingerprint density at radius 2 is 1.65 bits per heavy atom. The Morgan fingerprint density at radius 1 is 0.968 bits per heavy atom. The fourth-order valence-corrected chi connectivity index (χ4v) is 4.15. The molecule has 0 spiro atoms. The molecule has 1 aliphatic heterocycles. The molecule has 0 fully saturated rings. The van der Waals surface area contributed by atoms with Gasteiger partial charge in [0.2, 0.25) is 5.91 Å². The number of rotatable bonds is 5. The number of ether oxygens (including phenoxy) is 1. The van der Waals surface area contributed by atoms with Crippen LogP contribution in [0.5, 0.6) is 5.75 Å². The number of benzene rings is 3. The van der Waals surface area contributed by atoms with Gasteiger partial charge in [-0.05, 0) is 54.8 Å². The maximum Gasteiger partial charge on any atom is 0.258 e. The lowest BCUT2D eigenvalue weighted by molar-refractivity contribution is -0.123. The molecule has 1 aliphatic rings. The van der Waals surface area contributed by atoms with E-state index in [0.717, 1.165) is 16.8 Å². The summed E-state index contributed by atoms with van der Waals surface area (Å²) in [7, 11) is 1.60. The van der Waals surface area contributed by atoms with E-state index in [1.807, 2.05) is 61.5 Å². The molecule has 0 aliphatic carbocycles. The molecule has 31 heavy (non-hydrogen) atoms. The number of fused-ring (bicyclic) bond motifs is 1. The molecule has 0 radical (unpaired) electrons. The summed E-state index contributed by atoms with van der Waals surface area (Å²) in [6, 6.07) is 24.6. The monoisotopic (exact) mass is 414 g/mol. The molecule has 158 valence electrons. The van der Waals surface area contributed by atoms with E-state index in [1.165, 1.54) is 0 Å². The first-order valence-corrected chi connectivity index (χ1v) is 10.5. The van der Waals surface area contributed by atoms with Gasteiger partial charge in [-0.1, -0.05) is 48.5 Å². The van der Waals surface area contributed by atoms with Crippen LogP contribution in [0.2, 0.25) is 0 Å². The minimum Gasteiger partial charge on any atom is -0.497 e. The predicted molar refractivity (Wildman–Crippen MR) is 121 cm³/mol. The fourth-order valence-electron chi connectivity index (χ4n) is 4.15. The molecule has 5 heteroatoms. The second kappa shape index (κ2) is 9.04. The zero-order valence-corrected chi connectivity index (χ0v) is 17.7. The molecule has 2 amide bonds. The lowest BCUT2D eigenvalue weighted by Crippen LogP contribution is -2.45. The Balaban J connectivity index is 1.58. The summed E-state index contributed by atoms with van der Waals surface area (Å²) in [6.45, 7) is 2.48. The number of methoxy groups -OCH3 is 1. The highest BCUT2D eigenvalue weighted by Gasteiger charge is 2.37. The van der Waals surface area contributed by atoms with Crippen molar-refractivity contribution in [3.8, 4) is 5.75 Å². The van der Waals surface area contributed by atoms with Crippen molar-refractivity contribution in [1.82, 2.24) is 5.32 Å². The van der Waals surface area contributed by atoms with Crippen LogP contribution in [-0.4, -0.2) is 25.0 Å². The summed E-state index contributed by atoms with van der Waals surface area (Å²) in [5.41, 5.74) is 3.33. The van der Waals surface area contributed by atoms with Crippen LogP contribution in [-0.2, 0) is 11.3 Å². The normalized spacial score (nSPS) is 17.5. The number of anilines is 1. The predicted octanol–water partition coefficient (Wildman–Crippen LogP) is 4.53. The average molecular weight is 415 g/mol. The van der Waals surface area contributed by atoms with Crippen LogP contribution in [0.3, 0.4) is 0 Å². The van der Waals surface area contributed by atoms with Gasteiger partial charge in [0.05, 0.1) is 13.0 Å². The largest absolute Gasteiger partial charge is 0.497 e. The second-order valence-electron chi connectivity index (χ2n) is 7.80. The van der Waals surface area contributed by atoms with Gasteiger partial charge in [-0.2, -0.15) is 0 Å². The highest BCUT2D eigenvalue weighted by Crippen LogP contribution is 2.39. The van der Waals surface area contributed by atoms with Crippen LogP contribution in [0.1, 0.15) is 40.7 Å². The van der Waals surface area contributed by atoms with Crippen LogP contribution in [0, 0.1) is 0 Å². The van der Waals surface area contributed by atoms with Crippen LogP contribution < -0.4 is 15.0 Å². The fraction of sp³-hybridized carbons (Fsp3) is 0.231. The second-order valence-corrected chi connectivity index (χ2v) is 7.80. The van der Waals surface area contributed by atoms with Crippen molar-refractivity contribution < 1.29 is 14.3 Å². The number of nitrogens with zero attached hydrogens (tertiary/aromatic N) is 1. The zero-order chi connectivity index (χ0) is 21.8. The molecule has 0 saturated carbocycles. The summed E-state index contributed by atoms with van der Waals surface area (Å²) >= 11 is 0. The van der Waals surface area contributed by atoms with Crippen LogP contribution >= 0.6 is 0 Å². The van der Waals surface area contributed by atoms with Crippen molar-refractivity contribution in [3.63, 3.8) is 0 Å². The van der Waals surface area contributed by atoms with Crippen LogP contribution in [0.15, 0.2) is 78.9 Å². The first-order valence-electron chi connectivity index (χ1n) is 10.5. The molecule has 4 rings (SSSR count). The van der Waals surface area contributed by atoms with Crippen LogP contribution in [0.25, 0.3) is 0 Å². The summed E-state index contributed by atoms with van der Waals surface area (Å²) in [5.74, 6) is 0.319. The zero-order valence-electron chi connectivity index (χ0n) is 17.7. The number of carbonyl (C=O) groups excluding carboxylic acids is 2. The first kappa shape index (κ1) is 20.7. The molecule has 1 heterocycles. The number of hydrogen-bond acceptors (Lipinski definition) is 3. The van der Waals surface area contributed by atoms with E-state index in [4.69, 9.17) is 4.74 Å². The Kier molecular flexibility index (Phi) is 6.03. The number of amides is 2. The standard InChI is InChI=1S/C26H26N2O3/c1-18-16-23(25(29)27-17-19-8-4-3-5-9-19)22-10-6-7-11-24(22)28(18)26(30)20-12-14-21(31-2)15-13-20/h3-15,18,23H,16-17H2,1-2H3,(H,27,29)/t18-,23-/m1/s1. The van der Waals surface area contributed by atoms with E-state index in [1.54, 1.807) is 36.3 Å². The molecule has 3 aromatic rings. The van der Waals surface area contributed by atoms with Gasteiger partial charge in [0, 0.05) is 23.8 Å². The molecule has 1 N–H and O–H groups in total. The van der Waals surface area contributed by atoms with Gasteiger partial charge in [-0.25, -0.2) is 0 Å². The van der Waals surface area contributed by atoms with E-state index in [0.29, 0.717) is 24.3 Å². The maximum absolute atomic E-state index is 13.3. The van der Waals surface area contributed by atoms with Gasteiger partial charge >= 0.3 is 0 Å². The lowest BCUT2D eigenvalue weighted by atomic mass is 9.85. The van der Waals surface area contributed by atoms with Crippen molar-refractivity contribution in [2.75, 3.05) is 12.0 Å². The van der Waals surface area contributed by atoms with E-state index in [-0.39, 0.29) is 23.8 Å². The smallest absolute Gasteiger partial charge is 0.258 e. The first-order chi connectivity index (χ1) is 15.1. The highest BCUT2D eigenvalue weighted by molar-refractivity contribution is 6.08. The number of carbonyl (C=O) groups is 2. The van der Waals surface area contributed by atoms with Gasteiger partial charge < -0.3 is 15.0 Å². The minimum absolute atomic E-state index is 0.0142. The molecule has 2 atom stereocenters. The summed E-state index contributed by atoms with van der Waals surface area (Å²) in [4.78, 5) is 28.2. The minimum atomic E-state index is -0.296. The molecular weight excluding hydrogens is 388 g/mol. The van der Waals surface area contributed by atoms with Crippen molar-refractivity contribution in [1.29, 1.82) is 0 Å². The van der Waals surface area contributed by atoms with Gasteiger partial charge in [0.1, 0.15) is 5.75 Å². The Labute approximate surface area is 182 Å². The molecule has 5 nitrogen and oxygen atoms in total. The van der Waals surface area contributed by atoms with Gasteiger partial charge in [0.25, 0.3) is 5.91 Å². The number of para-hydroxylation sites is 1. The molecule has 0 bridgehead atoms. The summed E-state index contributed by atoms with van der Waals surface area (Å²) in [5, 5.41) is 3.06. The van der Waals surface area contributed by atoms with Gasteiger partial charge in [-0.3, -0.25) is 9.59 Å². The van der Waals surface area contributed by atoms with Crippen molar-refractivity contribution in [3.05, 3.63) is 95.6 Å². The summed E-state index contributed by atoms with van der Waals surface area (Å²) < 4.78 is 5.20. The van der Waals surface area contributed by atoms with E-state index in [2.05, 4.69) is 5.32 Å². The third kappa shape index (κ3) is 4.31. The average Bonchev–Trinajstić information content (AvgIpc) is 2.82. The molecule has 0 aromatic heterocycles. The van der Waals surface area contributed by atoms with Gasteiger partial charge in [-0.15, -0.1) is 0 Å². The van der Waals surface area contributed by atoms with Crippen molar-refractivity contribution in [2.45, 2.75) is 31.8 Å². The molecule has 0 unspecified atom stereocenters. The van der Waals surface area contributed by atoms with E-state index in [9.17, 15) is 9.59 Å². The third-order valence-corrected chi connectivity index (χ3v) is 5.77. The Hall–Kier alpha value is -3.60. The Bertz CT molecular complexity index is 1060. The van der Waals surface area contributed by atoms with E-state index >= 15 is 0 Å². The van der Waals surface area contributed by atoms with E-state index < -0.39 is 0 Å². The quantitative estimate of drug-likeness (QED) is 0.667. The van der Waals surface area contributed by atoms with Crippen molar-refractivity contribution >= 4 is 17.5 Å². The molecular formula is C26H26N2O3. The SMILES string of the molecule is COc1ccc(C(=O)N2c3ccccc3[C@H](C(=O)NCc3ccccc3)C[C@H]2C)cc1. The third-order valence-electron chi connectivity index (χ3n) is 5.77. The molecule has 3 aromatic carbocycles. The number of nitrogens with one attached hydrogen (secondary N) is 1. The molecule has 0 saturated heterocycles. The number of hydrogen-bond donors (Lipinski definition) is 1.